The molecule has 1 aromatic carbocycles. The monoisotopic (exact) mass is 394 g/mol. The molecule has 2 aromatic heterocycles. The van der Waals surface area contributed by atoms with Gasteiger partial charge < -0.3 is 9.30 Å². The van der Waals surface area contributed by atoms with Gasteiger partial charge in [-0.1, -0.05) is 17.7 Å². The fourth-order valence-electron chi connectivity index (χ4n) is 3.37. The van der Waals surface area contributed by atoms with Gasteiger partial charge >= 0.3 is 6.18 Å². The molecule has 3 aromatic rings. The van der Waals surface area contributed by atoms with E-state index < -0.39 is 11.7 Å². The average molecular weight is 395 g/mol. The van der Waals surface area contributed by atoms with Gasteiger partial charge in [-0.05, 0) is 30.3 Å². The highest BCUT2D eigenvalue weighted by Gasteiger charge is 2.31. The van der Waals surface area contributed by atoms with Crippen LogP contribution >= 0.6 is 11.6 Å². The van der Waals surface area contributed by atoms with E-state index in [0.717, 1.165) is 30.5 Å². The van der Waals surface area contributed by atoms with E-state index in [9.17, 15) is 13.2 Å². The molecule has 27 heavy (non-hydrogen) atoms. The second-order valence-corrected chi connectivity index (χ2v) is 7.09. The minimum atomic E-state index is -4.32. The van der Waals surface area contributed by atoms with Crippen LogP contribution in [-0.2, 0) is 12.7 Å². The fourth-order valence-corrected chi connectivity index (χ4v) is 3.53. The van der Waals surface area contributed by atoms with Crippen molar-refractivity contribution in [2.45, 2.75) is 12.7 Å². The number of aromatic nitrogens is 2. The molecule has 4 nitrogen and oxygen atoms in total. The Balaban J connectivity index is 1.40. The number of alkyl halides is 3. The topological polar surface area (TPSA) is 23.8 Å². The summed E-state index contributed by atoms with van der Waals surface area (Å²) in [7, 11) is 0. The number of imidazole rings is 1. The highest BCUT2D eigenvalue weighted by molar-refractivity contribution is 6.30. The van der Waals surface area contributed by atoms with E-state index in [4.69, 9.17) is 11.6 Å². The Morgan fingerprint density at radius 3 is 2.52 bits per heavy atom. The first-order chi connectivity index (χ1) is 12.9. The highest BCUT2D eigenvalue weighted by Crippen LogP contribution is 2.32. The van der Waals surface area contributed by atoms with Gasteiger partial charge in [0.1, 0.15) is 5.65 Å². The Kier molecular flexibility index (Phi) is 4.74. The van der Waals surface area contributed by atoms with Gasteiger partial charge in [0.05, 0.1) is 16.3 Å². The Labute approximate surface area is 159 Å². The van der Waals surface area contributed by atoms with Crippen LogP contribution in [0.1, 0.15) is 11.3 Å². The van der Waals surface area contributed by atoms with E-state index >= 15 is 0 Å². The largest absolute Gasteiger partial charge is 0.416 e. The van der Waals surface area contributed by atoms with Crippen LogP contribution < -0.4 is 4.90 Å². The summed E-state index contributed by atoms with van der Waals surface area (Å²) >= 11 is 6.00. The Morgan fingerprint density at radius 2 is 1.78 bits per heavy atom. The molecule has 0 bridgehead atoms. The summed E-state index contributed by atoms with van der Waals surface area (Å²) in [5, 5.41) is 0.654. The van der Waals surface area contributed by atoms with Crippen molar-refractivity contribution in [2.24, 2.45) is 0 Å². The van der Waals surface area contributed by atoms with E-state index in [-0.39, 0.29) is 0 Å². The van der Waals surface area contributed by atoms with Crippen LogP contribution in [0.25, 0.3) is 5.65 Å². The number of rotatable bonds is 3. The predicted molar refractivity (Wildman–Crippen MR) is 99.1 cm³/mol. The lowest BCUT2D eigenvalue weighted by Gasteiger charge is -2.36. The van der Waals surface area contributed by atoms with E-state index in [0.29, 0.717) is 30.3 Å². The molecular weight excluding hydrogens is 377 g/mol. The molecule has 0 saturated carbocycles. The fraction of sp³-hybridized carbons (Fsp3) is 0.316. The Bertz CT molecular complexity index is 946. The maximum Gasteiger partial charge on any atom is 0.416 e. The lowest BCUT2D eigenvalue weighted by atomic mass is 10.1. The number of piperazine rings is 1. The van der Waals surface area contributed by atoms with Gasteiger partial charge in [0.15, 0.2) is 0 Å². The molecule has 0 unspecified atom stereocenters. The summed E-state index contributed by atoms with van der Waals surface area (Å²) < 4.78 is 40.6. The third-order valence-electron chi connectivity index (χ3n) is 4.76. The van der Waals surface area contributed by atoms with Crippen molar-refractivity contribution in [2.75, 3.05) is 31.1 Å². The Morgan fingerprint density at radius 1 is 1.00 bits per heavy atom. The molecule has 0 N–H and O–H groups in total. The van der Waals surface area contributed by atoms with Gasteiger partial charge in [0.2, 0.25) is 0 Å². The SMILES string of the molecule is FC(F)(F)c1cccc(N2CCN(Cc3cn4cc(Cl)ccc4n3)CC2)c1. The number of benzene rings is 1. The lowest BCUT2D eigenvalue weighted by molar-refractivity contribution is -0.137. The molecular formula is C19H18ClF3N4. The quantitative estimate of drug-likeness (QED) is 0.660. The minimum absolute atomic E-state index is 0.606. The van der Waals surface area contributed by atoms with Crippen LogP contribution in [0, 0.1) is 0 Å². The van der Waals surface area contributed by atoms with Crippen molar-refractivity contribution in [1.82, 2.24) is 14.3 Å². The predicted octanol–water partition coefficient (Wildman–Crippen LogP) is 4.33. The molecule has 1 aliphatic rings. The van der Waals surface area contributed by atoms with Crippen molar-refractivity contribution in [3.8, 4) is 0 Å². The lowest BCUT2D eigenvalue weighted by Crippen LogP contribution is -2.46. The molecule has 3 heterocycles. The maximum atomic E-state index is 12.9. The molecule has 0 amide bonds. The molecule has 1 aliphatic heterocycles. The third-order valence-corrected chi connectivity index (χ3v) is 4.98. The number of nitrogens with zero attached hydrogens (tertiary/aromatic N) is 4. The summed E-state index contributed by atoms with van der Waals surface area (Å²) in [5.74, 6) is 0. The zero-order valence-electron chi connectivity index (χ0n) is 14.5. The normalized spacial score (nSPS) is 16.2. The summed E-state index contributed by atoms with van der Waals surface area (Å²) in [6.07, 6.45) is -0.538. The van der Waals surface area contributed by atoms with Gasteiger partial charge in [-0.25, -0.2) is 4.98 Å². The first-order valence-corrected chi connectivity index (χ1v) is 9.04. The molecule has 0 atom stereocenters. The van der Waals surface area contributed by atoms with Gasteiger partial charge in [-0.15, -0.1) is 0 Å². The van der Waals surface area contributed by atoms with Gasteiger partial charge in [0, 0.05) is 50.8 Å². The number of hydrogen-bond donors (Lipinski definition) is 0. The van der Waals surface area contributed by atoms with Crippen LogP contribution in [0.5, 0.6) is 0 Å². The molecule has 1 saturated heterocycles. The third kappa shape index (κ3) is 4.04. The molecule has 4 rings (SSSR count). The van der Waals surface area contributed by atoms with Crippen molar-refractivity contribution in [1.29, 1.82) is 0 Å². The molecule has 142 valence electrons. The first-order valence-electron chi connectivity index (χ1n) is 8.66. The van der Waals surface area contributed by atoms with Gasteiger partial charge in [0.25, 0.3) is 0 Å². The number of halogens is 4. The van der Waals surface area contributed by atoms with Crippen LogP contribution in [0.15, 0.2) is 48.8 Å². The van der Waals surface area contributed by atoms with E-state index in [2.05, 4.69) is 9.88 Å². The van der Waals surface area contributed by atoms with Crippen LogP contribution in [0.2, 0.25) is 5.02 Å². The van der Waals surface area contributed by atoms with Crippen LogP contribution in [0.4, 0.5) is 18.9 Å². The van der Waals surface area contributed by atoms with Gasteiger partial charge in [-0.3, -0.25) is 4.90 Å². The van der Waals surface area contributed by atoms with Crippen LogP contribution in [0.3, 0.4) is 0 Å². The molecule has 0 aliphatic carbocycles. The smallest absolute Gasteiger partial charge is 0.369 e. The van der Waals surface area contributed by atoms with E-state index in [1.54, 1.807) is 6.07 Å². The molecule has 8 heteroatoms. The zero-order valence-corrected chi connectivity index (χ0v) is 15.2. The zero-order chi connectivity index (χ0) is 19.0. The summed E-state index contributed by atoms with van der Waals surface area (Å²) in [6, 6.07) is 9.21. The standard InChI is InChI=1S/C19H18ClF3N4/c20-15-4-5-18-24-16(13-27(18)11-15)12-25-6-8-26(9-7-25)17-3-1-2-14(10-17)19(21,22)23/h1-5,10-11,13H,6-9,12H2. The Hall–Kier alpha value is -2.25. The van der Waals surface area contributed by atoms with Crippen molar-refractivity contribution in [3.63, 3.8) is 0 Å². The number of hydrogen-bond acceptors (Lipinski definition) is 3. The number of anilines is 1. The molecule has 0 radical (unpaired) electrons. The maximum absolute atomic E-state index is 12.9. The van der Waals surface area contributed by atoms with Crippen molar-refractivity contribution in [3.05, 3.63) is 65.1 Å². The number of pyridine rings is 1. The minimum Gasteiger partial charge on any atom is -0.369 e. The van der Waals surface area contributed by atoms with E-state index in [1.165, 1.54) is 12.1 Å². The van der Waals surface area contributed by atoms with E-state index in [1.807, 2.05) is 33.8 Å². The summed E-state index contributed by atoms with van der Waals surface area (Å²) in [4.78, 5) is 8.84. The summed E-state index contributed by atoms with van der Waals surface area (Å²) in [5.41, 5.74) is 1.81. The average Bonchev–Trinajstić information content (AvgIpc) is 3.03. The van der Waals surface area contributed by atoms with Gasteiger partial charge in [-0.2, -0.15) is 13.2 Å². The number of fused-ring (bicyclic) bond motifs is 1. The summed E-state index contributed by atoms with van der Waals surface area (Å²) in [6.45, 7) is 3.60. The van der Waals surface area contributed by atoms with Crippen molar-refractivity contribution < 1.29 is 13.2 Å². The molecule has 0 spiro atoms. The first kappa shape index (κ1) is 18.1. The van der Waals surface area contributed by atoms with Crippen LogP contribution in [-0.4, -0.2) is 40.5 Å². The van der Waals surface area contributed by atoms with Crippen molar-refractivity contribution >= 4 is 22.9 Å². The second-order valence-electron chi connectivity index (χ2n) is 6.66. The molecule has 1 fully saturated rings. The highest BCUT2D eigenvalue weighted by atomic mass is 35.5. The second kappa shape index (κ2) is 7.05.